The molecule has 0 fully saturated rings. The summed E-state index contributed by atoms with van der Waals surface area (Å²) < 4.78 is 0. The van der Waals surface area contributed by atoms with E-state index < -0.39 is 0 Å². The highest BCUT2D eigenvalue weighted by Crippen LogP contribution is 2.28. The number of rotatable bonds is 4. The van der Waals surface area contributed by atoms with Gasteiger partial charge in [0.05, 0.1) is 17.1 Å². The van der Waals surface area contributed by atoms with Gasteiger partial charge in [0.15, 0.2) is 0 Å². The van der Waals surface area contributed by atoms with Crippen molar-refractivity contribution in [2.75, 3.05) is 11.9 Å². The van der Waals surface area contributed by atoms with E-state index in [1.165, 1.54) is 26.5 Å². The predicted molar refractivity (Wildman–Crippen MR) is 90.1 cm³/mol. The maximum atomic E-state index is 4.51. The van der Waals surface area contributed by atoms with Crippen molar-refractivity contribution in [3.8, 4) is 0 Å². The van der Waals surface area contributed by atoms with Crippen LogP contribution in [0.4, 0.5) is 5.69 Å². The Labute approximate surface area is 129 Å². The highest BCUT2D eigenvalue weighted by Gasteiger charge is 2.10. The summed E-state index contributed by atoms with van der Waals surface area (Å²) in [5.74, 6) is 0. The summed E-state index contributed by atoms with van der Waals surface area (Å²) in [6.07, 6.45) is 4.89. The van der Waals surface area contributed by atoms with Crippen LogP contribution in [0.1, 0.15) is 22.4 Å². The van der Waals surface area contributed by atoms with Gasteiger partial charge in [0, 0.05) is 35.4 Å². The lowest BCUT2D eigenvalue weighted by Crippen LogP contribution is -2.16. The van der Waals surface area contributed by atoms with Crippen molar-refractivity contribution >= 4 is 27.9 Å². The zero-order valence-electron chi connectivity index (χ0n) is 12.6. The van der Waals surface area contributed by atoms with Gasteiger partial charge in [0.25, 0.3) is 0 Å². The lowest BCUT2D eigenvalue weighted by molar-refractivity contribution is 0.940. The van der Waals surface area contributed by atoms with Crippen molar-refractivity contribution in [1.29, 1.82) is 0 Å². The summed E-state index contributed by atoms with van der Waals surface area (Å²) in [6.45, 7) is 5.13. The highest BCUT2D eigenvalue weighted by molar-refractivity contribution is 7.11. The second kappa shape index (κ2) is 5.82. The van der Waals surface area contributed by atoms with E-state index in [1.54, 1.807) is 11.3 Å². The van der Waals surface area contributed by atoms with E-state index in [-0.39, 0.29) is 0 Å². The third kappa shape index (κ3) is 2.76. The fraction of sp³-hybridized carbons (Fsp3) is 0.294. The maximum Gasteiger partial charge on any atom is 0.0925 e. The van der Waals surface area contributed by atoms with Gasteiger partial charge in [0.1, 0.15) is 0 Å². The van der Waals surface area contributed by atoms with Gasteiger partial charge in [-0.1, -0.05) is 25.1 Å². The molecule has 0 N–H and O–H groups in total. The smallest absolute Gasteiger partial charge is 0.0925 e. The van der Waals surface area contributed by atoms with Crippen molar-refractivity contribution < 1.29 is 0 Å². The van der Waals surface area contributed by atoms with Gasteiger partial charge < -0.3 is 4.90 Å². The largest absolute Gasteiger partial charge is 0.369 e. The quantitative estimate of drug-likeness (QED) is 0.722. The molecule has 0 atom stereocenters. The molecule has 4 heteroatoms. The monoisotopic (exact) mass is 297 g/mol. The summed E-state index contributed by atoms with van der Waals surface area (Å²) in [4.78, 5) is 12.5. The van der Waals surface area contributed by atoms with E-state index in [2.05, 4.69) is 60.0 Å². The number of benzene rings is 1. The third-order valence-electron chi connectivity index (χ3n) is 3.66. The molecule has 3 aromatic rings. The summed E-state index contributed by atoms with van der Waals surface area (Å²) in [6, 6.07) is 8.43. The summed E-state index contributed by atoms with van der Waals surface area (Å²) in [7, 11) is 2.13. The number of hydrogen-bond donors (Lipinski definition) is 0. The molecule has 0 aliphatic heterocycles. The van der Waals surface area contributed by atoms with Crippen molar-refractivity contribution in [3.63, 3.8) is 0 Å². The first-order valence-electron chi connectivity index (χ1n) is 7.18. The second-order valence-corrected chi connectivity index (χ2v) is 6.43. The van der Waals surface area contributed by atoms with Crippen molar-refractivity contribution in [2.24, 2.45) is 0 Å². The number of para-hydroxylation sites is 1. The Morgan fingerprint density at radius 3 is 2.81 bits per heavy atom. The van der Waals surface area contributed by atoms with Gasteiger partial charge in [0.2, 0.25) is 0 Å². The summed E-state index contributed by atoms with van der Waals surface area (Å²) >= 11 is 1.80. The lowest BCUT2D eigenvalue weighted by Gasteiger charge is -2.20. The van der Waals surface area contributed by atoms with Crippen molar-refractivity contribution in [2.45, 2.75) is 26.8 Å². The Bertz CT molecular complexity index is 764. The number of hydrogen-bond acceptors (Lipinski definition) is 4. The lowest BCUT2D eigenvalue weighted by atomic mass is 10.1. The average molecular weight is 297 g/mol. The first kappa shape index (κ1) is 14.0. The van der Waals surface area contributed by atoms with Gasteiger partial charge in [-0.2, -0.15) is 0 Å². The summed E-state index contributed by atoms with van der Waals surface area (Å²) in [5.41, 5.74) is 3.52. The molecule has 1 aromatic carbocycles. The minimum absolute atomic E-state index is 0.880. The molecular formula is C17H19N3S. The van der Waals surface area contributed by atoms with E-state index >= 15 is 0 Å². The number of pyridine rings is 1. The van der Waals surface area contributed by atoms with Crippen LogP contribution in [0.25, 0.3) is 10.9 Å². The molecule has 0 amide bonds. The highest BCUT2D eigenvalue weighted by atomic mass is 32.1. The zero-order valence-corrected chi connectivity index (χ0v) is 13.4. The number of anilines is 1. The van der Waals surface area contributed by atoms with Crippen LogP contribution in [0.2, 0.25) is 0 Å². The number of aromatic nitrogens is 2. The molecular weight excluding hydrogens is 278 g/mol. The van der Waals surface area contributed by atoms with E-state index in [1.807, 2.05) is 12.4 Å². The van der Waals surface area contributed by atoms with Crippen LogP contribution in [0.5, 0.6) is 0 Å². The molecule has 0 unspecified atom stereocenters. The molecule has 108 valence electrons. The van der Waals surface area contributed by atoms with Gasteiger partial charge in [-0.15, -0.1) is 11.3 Å². The average Bonchev–Trinajstić information content (AvgIpc) is 2.95. The second-order valence-electron chi connectivity index (χ2n) is 5.23. The zero-order chi connectivity index (χ0) is 14.8. The molecule has 0 bridgehead atoms. The topological polar surface area (TPSA) is 29.0 Å². The fourth-order valence-electron chi connectivity index (χ4n) is 2.55. The van der Waals surface area contributed by atoms with Gasteiger partial charge >= 0.3 is 0 Å². The van der Waals surface area contributed by atoms with Crippen LogP contribution >= 0.6 is 11.3 Å². The van der Waals surface area contributed by atoms with Gasteiger partial charge in [-0.25, -0.2) is 4.98 Å². The molecule has 0 saturated carbocycles. The van der Waals surface area contributed by atoms with Crippen LogP contribution in [-0.2, 0) is 13.0 Å². The number of nitrogens with zero attached hydrogens (tertiary/aromatic N) is 3. The van der Waals surface area contributed by atoms with Crippen LogP contribution in [0, 0.1) is 6.92 Å². The van der Waals surface area contributed by atoms with Crippen LogP contribution < -0.4 is 4.90 Å². The van der Waals surface area contributed by atoms with Crippen LogP contribution in [-0.4, -0.2) is 17.0 Å². The van der Waals surface area contributed by atoms with E-state index in [0.29, 0.717) is 0 Å². The standard InChI is InChI=1S/C17H19N3S/c1-4-16-19-10-13(21-16)11-20(3)15-8-9-18-17-12(2)6-5-7-14(15)17/h5-10H,4,11H2,1-3H3. The SMILES string of the molecule is CCc1ncc(CN(C)c2ccnc3c(C)cccc23)s1. The van der Waals surface area contributed by atoms with Crippen molar-refractivity contribution in [3.05, 3.63) is 52.1 Å². The van der Waals surface area contributed by atoms with Crippen molar-refractivity contribution in [1.82, 2.24) is 9.97 Å². The Hall–Kier alpha value is -1.94. The third-order valence-corrected chi connectivity index (χ3v) is 4.78. The Morgan fingerprint density at radius 2 is 2.05 bits per heavy atom. The summed E-state index contributed by atoms with van der Waals surface area (Å²) in [5, 5.41) is 2.41. The molecule has 0 aliphatic carbocycles. The van der Waals surface area contributed by atoms with Gasteiger partial charge in [-0.05, 0) is 25.0 Å². The minimum atomic E-state index is 0.880. The maximum absolute atomic E-state index is 4.51. The Balaban J connectivity index is 1.94. The van der Waals surface area contributed by atoms with Gasteiger partial charge in [-0.3, -0.25) is 4.98 Å². The van der Waals surface area contributed by atoms with E-state index in [9.17, 15) is 0 Å². The molecule has 3 rings (SSSR count). The first-order chi connectivity index (χ1) is 10.2. The fourth-order valence-corrected chi connectivity index (χ4v) is 3.46. The number of fused-ring (bicyclic) bond motifs is 1. The Morgan fingerprint density at radius 1 is 1.19 bits per heavy atom. The number of thiazole rings is 1. The molecule has 0 radical (unpaired) electrons. The molecule has 3 nitrogen and oxygen atoms in total. The van der Waals surface area contributed by atoms with Crippen LogP contribution in [0.3, 0.4) is 0 Å². The Kier molecular flexibility index (Phi) is 3.88. The normalized spacial score (nSPS) is 11.0. The predicted octanol–water partition coefficient (Wildman–Crippen LogP) is 4.20. The molecule has 0 aliphatic rings. The molecule has 21 heavy (non-hydrogen) atoms. The van der Waals surface area contributed by atoms with Crippen LogP contribution in [0.15, 0.2) is 36.7 Å². The molecule has 0 spiro atoms. The molecule has 0 saturated heterocycles. The van der Waals surface area contributed by atoms with E-state index in [0.717, 1.165) is 18.5 Å². The molecule has 2 aromatic heterocycles. The van der Waals surface area contributed by atoms with E-state index in [4.69, 9.17) is 0 Å². The molecule has 2 heterocycles. The first-order valence-corrected chi connectivity index (χ1v) is 7.99. The number of aryl methyl sites for hydroxylation is 2. The minimum Gasteiger partial charge on any atom is -0.369 e.